The highest BCUT2D eigenvalue weighted by Crippen LogP contribution is 2.22. The van der Waals surface area contributed by atoms with E-state index in [1.54, 1.807) is 24.3 Å². The summed E-state index contributed by atoms with van der Waals surface area (Å²) < 4.78 is 0. The van der Waals surface area contributed by atoms with Gasteiger partial charge in [0.25, 0.3) is 5.69 Å². The van der Waals surface area contributed by atoms with Gasteiger partial charge in [0.15, 0.2) is 0 Å². The van der Waals surface area contributed by atoms with Gasteiger partial charge in [-0.15, -0.1) is 0 Å². The van der Waals surface area contributed by atoms with Crippen molar-refractivity contribution < 1.29 is 4.92 Å². The van der Waals surface area contributed by atoms with Crippen LogP contribution in [-0.2, 0) is 6.42 Å². The molecule has 84 valence electrons. The standard InChI is InChI=1S/C12H9N3O2/c1-2-11-4-3-9(5-10(7-13)8-14)6-12(11)15(16)17/h3-6H,2H2,1H3. The lowest BCUT2D eigenvalue weighted by Gasteiger charge is -2.00. The van der Waals surface area contributed by atoms with Gasteiger partial charge < -0.3 is 0 Å². The fourth-order valence-electron chi connectivity index (χ4n) is 1.40. The maximum Gasteiger partial charge on any atom is 0.273 e. The average Bonchev–Trinajstić information content (AvgIpc) is 2.35. The van der Waals surface area contributed by atoms with Gasteiger partial charge in [0, 0.05) is 11.6 Å². The molecule has 0 N–H and O–H groups in total. The van der Waals surface area contributed by atoms with E-state index in [0.29, 0.717) is 17.5 Å². The van der Waals surface area contributed by atoms with Gasteiger partial charge in [-0.2, -0.15) is 10.5 Å². The molecule has 0 aliphatic carbocycles. The first-order chi connectivity index (χ1) is 8.12. The SMILES string of the molecule is CCc1ccc(C=C(C#N)C#N)cc1[N+](=O)[O-]. The van der Waals surface area contributed by atoms with Crippen LogP contribution < -0.4 is 0 Å². The van der Waals surface area contributed by atoms with Crippen molar-refractivity contribution >= 4 is 11.8 Å². The van der Waals surface area contributed by atoms with Gasteiger partial charge in [0.1, 0.15) is 17.7 Å². The molecule has 17 heavy (non-hydrogen) atoms. The number of allylic oxidation sites excluding steroid dienone is 1. The van der Waals surface area contributed by atoms with Gasteiger partial charge >= 0.3 is 0 Å². The van der Waals surface area contributed by atoms with E-state index in [2.05, 4.69) is 0 Å². The van der Waals surface area contributed by atoms with Crippen LogP contribution in [0.1, 0.15) is 18.1 Å². The van der Waals surface area contributed by atoms with Crippen LogP contribution in [0.15, 0.2) is 23.8 Å². The second-order valence-corrected chi connectivity index (χ2v) is 3.28. The third-order valence-electron chi connectivity index (χ3n) is 2.24. The van der Waals surface area contributed by atoms with E-state index < -0.39 is 4.92 Å². The summed E-state index contributed by atoms with van der Waals surface area (Å²) in [5.74, 6) is 0. The lowest BCUT2D eigenvalue weighted by molar-refractivity contribution is -0.385. The summed E-state index contributed by atoms with van der Waals surface area (Å²) >= 11 is 0. The molecule has 0 aliphatic rings. The minimum atomic E-state index is -0.464. The molecule has 0 aromatic heterocycles. The van der Waals surface area contributed by atoms with Crippen LogP contribution in [0, 0.1) is 32.8 Å². The molecule has 1 aromatic carbocycles. The van der Waals surface area contributed by atoms with Crippen LogP contribution in [0.4, 0.5) is 5.69 Å². The average molecular weight is 227 g/mol. The van der Waals surface area contributed by atoms with Crippen LogP contribution >= 0.6 is 0 Å². The number of benzene rings is 1. The van der Waals surface area contributed by atoms with Crippen molar-refractivity contribution in [2.75, 3.05) is 0 Å². The van der Waals surface area contributed by atoms with Crippen LogP contribution in [0.25, 0.3) is 6.08 Å². The molecule has 1 rings (SSSR count). The third kappa shape index (κ3) is 2.90. The number of rotatable bonds is 3. The van der Waals surface area contributed by atoms with Gasteiger partial charge in [0.05, 0.1) is 4.92 Å². The van der Waals surface area contributed by atoms with Crippen LogP contribution in [0.5, 0.6) is 0 Å². The Morgan fingerprint density at radius 2 is 2.12 bits per heavy atom. The Balaban J connectivity index is 3.28. The van der Waals surface area contributed by atoms with Gasteiger partial charge in [-0.3, -0.25) is 10.1 Å². The van der Waals surface area contributed by atoms with Crippen molar-refractivity contribution in [3.8, 4) is 12.1 Å². The molecule has 0 unspecified atom stereocenters. The predicted molar refractivity (Wildman–Crippen MR) is 61.7 cm³/mol. The summed E-state index contributed by atoms with van der Waals surface area (Å²) in [4.78, 5) is 10.3. The molecule has 5 heteroatoms. The minimum Gasteiger partial charge on any atom is -0.258 e. The third-order valence-corrected chi connectivity index (χ3v) is 2.24. The molecule has 1 aromatic rings. The molecular weight excluding hydrogens is 218 g/mol. The van der Waals surface area contributed by atoms with Crippen LogP contribution in [0.3, 0.4) is 0 Å². The topological polar surface area (TPSA) is 90.7 Å². The zero-order valence-electron chi connectivity index (χ0n) is 9.17. The predicted octanol–water partition coefficient (Wildman–Crippen LogP) is 2.59. The Morgan fingerprint density at radius 3 is 2.59 bits per heavy atom. The normalized spacial score (nSPS) is 8.88. The van der Waals surface area contributed by atoms with E-state index in [0.717, 1.165) is 0 Å². The summed E-state index contributed by atoms with van der Waals surface area (Å²) in [5.41, 5.74) is 1.04. The van der Waals surface area contributed by atoms with E-state index in [4.69, 9.17) is 10.5 Å². The van der Waals surface area contributed by atoms with Crippen molar-refractivity contribution in [2.24, 2.45) is 0 Å². The highest BCUT2D eigenvalue weighted by molar-refractivity contribution is 5.64. The lowest BCUT2D eigenvalue weighted by atomic mass is 10.1. The van der Waals surface area contributed by atoms with Gasteiger partial charge in [-0.05, 0) is 18.1 Å². The lowest BCUT2D eigenvalue weighted by Crippen LogP contribution is -1.94. The Morgan fingerprint density at radius 1 is 1.47 bits per heavy atom. The molecule has 0 radical (unpaired) electrons. The number of nitriles is 2. The summed E-state index contributed by atoms with van der Waals surface area (Å²) in [7, 11) is 0. The second kappa shape index (κ2) is 5.43. The first kappa shape index (κ1) is 12.4. The molecule has 0 bridgehead atoms. The molecule has 0 fully saturated rings. The van der Waals surface area contributed by atoms with Crippen molar-refractivity contribution in [3.63, 3.8) is 0 Å². The molecule has 0 saturated carbocycles. The Labute approximate surface area is 98.4 Å². The minimum absolute atomic E-state index is 0.0106. The number of nitro groups is 1. The molecule has 0 atom stereocenters. The largest absolute Gasteiger partial charge is 0.273 e. The number of nitro benzene ring substituents is 1. The molecule has 0 heterocycles. The monoisotopic (exact) mass is 227 g/mol. The summed E-state index contributed by atoms with van der Waals surface area (Å²) in [6.07, 6.45) is 1.89. The first-order valence-corrected chi connectivity index (χ1v) is 4.91. The van der Waals surface area contributed by atoms with E-state index in [1.165, 1.54) is 12.1 Å². The van der Waals surface area contributed by atoms with Crippen molar-refractivity contribution in [2.45, 2.75) is 13.3 Å². The molecular formula is C12H9N3O2. The van der Waals surface area contributed by atoms with Crippen molar-refractivity contribution in [3.05, 3.63) is 45.0 Å². The fourth-order valence-corrected chi connectivity index (χ4v) is 1.40. The Hall–Kier alpha value is -2.66. The molecule has 0 saturated heterocycles. The number of aryl methyl sites for hydroxylation is 1. The van der Waals surface area contributed by atoms with Gasteiger partial charge in [0.2, 0.25) is 0 Å². The molecule has 0 spiro atoms. The van der Waals surface area contributed by atoms with E-state index in [1.807, 2.05) is 6.92 Å². The molecule has 5 nitrogen and oxygen atoms in total. The molecule has 0 aliphatic heterocycles. The Kier molecular flexibility index (Phi) is 3.96. The van der Waals surface area contributed by atoms with E-state index in [-0.39, 0.29) is 11.3 Å². The summed E-state index contributed by atoms with van der Waals surface area (Å²) in [6, 6.07) is 8.07. The fraction of sp³-hybridized carbons (Fsp3) is 0.167. The zero-order chi connectivity index (χ0) is 12.8. The number of hydrogen-bond acceptors (Lipinski definition) is 4. The number of hydrogen-bond donors (Lipinski definition) is 0. The Bertz CT molecular complexity index is 546. The quantitative estimate of drug-likeness (QED) is 0.450. The van der Waals surface area contributed by atoms with Gasteiger partial charge in [-0.25, -0.2) is 0 Å². The summed E-state index contributed by atoms with van der Waals surface area (Å²) in [5, 5.41) is 28.0. The first-order valence-electron chi connectivity index (χ1n) is 4.91. The zero-order valence-corrected chi connectivity index (χ0v) is 9.17. The highest BCUT2D eigenvalue weighted by Gasteiger charge is 2.12. The van der Waals surface area contributed by atoms with Gasteiger partial charge in [-0.1, -0.05) is 19.1 Å². The maximum absolute atomic E-state index is 10.8. The maximum atomic E-state index is 10.8. The molecule has 0 amide bonds. The second-order valence-electron chi connectivity index (χ2n) is 3.28. The summed E-state index contributed by atoms with van der Waals surface area (Å²) in [6.45, 7) is 1.83. The van der Waals surface area contributed by atoms with Crippen LogP contribution in [0.2, 0.25) is 0 Å². The number of nitrogens with zero attached hydrogens (tertiary/aromatic N) is 3. The van der Waals surface area contributed by atoms with E-state index in [9.17, 15) is 10.1 Å². The van der Waals surface area contributed by atoms with Crippen molar-refractivity contribution in [1.82, 2.24) is 0 Å². The van der Waals surface area contributed by atoms with Crippen LogP contribution in [-0.4, -0.2) is 4.92 Å². The highest BCUT2D eigenvalue weighted by atomic mass is 16.6. The van der Waals surface area contributed by atoms with E-state index >= 15 is 0 Å². The smallest absolute Gasteiger partial charge is 0.258 e. The van der Waals surface area contributed by atoms with Crippen molar-refractivity contribution in [1.29, 1.82) is 10.5 Å².